The molecule has 4 heteroatoms. The number of hydrogen-bond acceptors (Lipinski definition) is 3. The van der Waals surface area contributed by atoms with E-state index >= 15 is 0 Å². The lowest BCUT2D eigenvalue weighted by Gasteiger charge is -2.15. The van der Waals surface area contributed by atoms with E-state index in [0.29, 0.717) is 12.6 Å². The molecule has 2 rings (SSSR count). The fourth-order valence-corrected chi connectivity index (χ4v) is 2.11. The molecule has 0 bridgehead atoms. The van der Waals surface area contributed by atoms with E-state index in [4.69, 9.17) is 10.5 Å². The van der Waals surface area contributed by atoms with Crippen molar-refractivity contribution in [2.75, 3.05) is 11.9 Å². The summed E-state index contributed by atoms with van der Waals surface area (Å²) >= 11 is 0. The zero-order valence-corrected chi connectivity index (χ0v) is 11.4. The number of nitrogens with two attached hydrogens (primary N) is 1. The molecule has 0 aliphatic heterocycles. The second-order valence-corrected chi connectivity index (χ2v) is 5.31. The van der Waals surface area contributed by atoms with Gasteiger partial charge in [-0.2, -0.15) is 0 Å². The molecule has 0 saturated heterocycles. The highest BCUT2D eigenvalue weighted by atomic mass is 16.5. The molecule has 0 spiro atoms. The van der Waals surface area contributed by atoms with E-state index in [0.717, 1.165) is 17.4 Å². The lowest BCUT2D eigenvalue weighted by molar-refractivity contribution is -0.118. The Bertz CT molecular complexity index is 413. The van der Waals surface area contributed by atoms with Gasteiger partial charge < -0.3 is 15.8 Å². The fourth-order valence-electron chi connectivity index (χ4n) is 2.11. The Morgan fingerprint density at radius 1 is 1.42 bits per heavy atom. The molecule has 4 nitrogen and oxygen atoms in total. The van der Waals surface area contributed by atoms with E-state index in [1.54, 1.807) is 0 Å². The van der Waals surface area contributed by atoms with Crippen molar-refractivity contribution >= 4 is 11.6 Å². The summed E-state index contributed by atoms with van der Waals surface area (Å²) in [4.78, 5) is 10.6. The summed E-state index contributed by atoms with van der Waals surface area (Å²) in [6, 6.07) is 8.33. The highest BCUT2D eigenvalue weighted by molar-refractivity contribution is 5.73. The van der Waals surface area contributed by atoms with Crippen LogP contribution in [0.15, 0.2) is 24.3 Å². The predicted octanol–water partition coefficient (Wildman–Crippen LogP) is 2.54. The predicted molar refractivity (Wildman–Crippen MR) is 76.2 cm³/mol. The monoisotopic (exact) mass is 262 g/mol. The second-order valence-electron chi connectivity index (χ2n) is 5.31. The number of carbonyl (C=O) groups excluding carboxylic acids is 1. The summed E-state index contributed by atoms with van der Waals surface area (Å²) in [7, 11) is 0. The minimum Gasteiger partial charge on any atom is -0.493 e. The molecule has 0 heterocycles. The van der Waals surface area contributed by atoms with Crippen molar-refractivity contribution in [2.24, 2.45) is 11.7 Å². The quantitative estimate of drug-likeness (QED) is 0.756. The first-order valence-corrected chi connectivity index (χ1v) is 6.91. The number of primary amides is 1. The average Bonchev–Trinajstić information content (AvgIpc) is 3.14. The van der Waals surface area contributed by atoms with Crippen molar-refractivity contribution < 1.29 is 9.53 Å². The Hall–Kier alpha value is -1.71. The van der Waals surface area contributed by atoms with Crippen LogP contribution in [0.4, 0.5) is 5.69 Å². The van der Waals surface area contributed by atoms with Gasteiger partial charge in [0.15, 0.2) is 0 Å². The van der Waals surface area contributed by atoms with E-state index in [1.165, 1.54) is 19.3 Å². The van der Waals surface area contributed by atoms with Crippen LogP contribution in [0.1, 0.15) is 32.6 Å². The molecule has 1 aliphatic rings. The van der Waals surface area contributed by atoms with Crippen molar-refractivity contribution in [1.82, 2.24) is 0 Å². The first-order chi connectivity index (χ1) is 9.13. The lowest BCUT2D eigenvalue weighted by Crippen LogP contribution is -2.15. The van der Waals surface area contributed by atoms with Crippen molar-refractivity contribution in [3.05, 3.63) is 24.3 Å². The van der Waals surface area contributed by atoms with Crippen LogP contribution in [0.5, 0.6) is 5.75 Å². The van der Waals surface area contributed by atoms with Gasteiger partial charge >= 0.3 is 0 Å². The molecule has 3 N–H and O–H groups in total. The number of carbonyl (C=O) groups is 1. The number of benzene rings is 1. The molecule has 1 fully saturated rings. The molecule has 19 heavy (non-hydrogen) atoms. The van der Waals surface area contributed by atoms with Gasteiger partial charge in [-0.15, -0.1) is 0 Å². The van der Waals surface area contributed by atoms with Crippen molar-refractivity contribution in [2.45, 2.75) is 38.6 Å². The summed E-state index contributed by atoms with van der Waals surface area (Å²) in [6.45, 7) is 2.55. The summed E-state index contributed by atoms with van der Waals surface area (Å²) in [5.41, 5.74) is 6.16. The second kappa shape index (κ2) is 6.45. The summed E-state index contributed by atoms with van der Waals surface area (Å²) in [5, 5.41) is 3.49. The topological polar surface area (TPSA) is 64.3 Å². The molecule has 0 aromatic heterocycles. The molecule has 1 amide bonds. The van der Waals surface area contributed by atoms with Crippen LogP contribution in [0.2, 0.25) is 0 Å². The molecule has 1 unspecified atom stereocenters. The Labute approximate surface area is 114 Å². The standard InChI is InChI=1S/C15H22N2O2/c1-11(10-12-2-3-12)17-13-4-6-14(7-5-13)19-9-8-15(16)18/h4-7,11-12,17H,2-3,8-10H2,1H3,(H2,16,18). The molecule has 1 aromatic rings. The van der Waals surface area contributed by atoms with Gasteiger partial charge in [0.2, 0.25) is 5.91 Å². The van der Waals surface area contributed by atoms with E-state index in [-0.39, 0.29) is 12.3 Å². The number of amides is 1. The third-order valence-corrected chi connectivity index (χ3v) is 3.27. The van der Waals surface area contributed by atoms with E-state index in [2.05, 4.69) is 12.2 Å². The Morgan fingerprint density at radius 2 is 2.11 bits per heavy atom. The lowest BCUT2D eigenvalue weighted by atomic mass is 10.1. The zero-order valence-electron chi connectivity index (χ0n) is 11.4. The highest BCUT2D eigenvalue weighted by Crippen LogP contribution is 2.34. The van der Waals surface area contributed by atoms with Crippen LogP contribution < -0.4 is 15.8 Å². The highest BCUT2D eigenvalue weighted by Gasteiger charge is 2.23. The largest absolute Gasteiger partial charge is 0.493 e. The number of anilines is 1. The number of nitrogens with one attached hydrogen (secondary N) is 1. The maximum absolute atomic E-state index is 10.6. The third kappa shape index (κ3) is 5.20. The minimum absolute atomic E-state index is 0.248. The van der Waals surface area contributed by atoms with Gasteiger partial charge in [0.05, 0.1) is 13.0 Å². The molecule has 0 radical (unpaired) electrons. The molecular formula is C15H22N2O2. The molecule has 104 valence electrons. The third-order valence-electron chi connectivity index (χ3n) is 3.27. The zero-order chi connectivity index (χ0) is 13.7. The van der Waals surface area contributed by atoms with Crippen molar-refractivity contribution in [3.8, 4) is 5.75 Å². The average molecular weight is 262 g/mol. The summed E-state index contributed by atoms with van der Waals surface area (Å²) in [6.07, 6.45) is 4.27. The van der Waals surface area contributed by atoms with Crippen LogP contribution in [0.25, 0.3) is 0 Å². The Kier molecular flexibility index (Phi) is 4.66. The Morgan fingerprint density at radius 3 is 2.68 bits per heavy atom. The number of rotatable bonds is 8. The summed E-state index contributed by atoms with van der Waals surface area (Å²) in [5.74, 6) is 1.35. The van der Waals surface area contributed by atoms with Crippen molar-refractivity contribution in [1.29, 1.82) is 0 Å². The fraction of sp³-hybridized carbons (Fsp3) is 0.533. The van der Waals surface area contributed by atoms with Crippen LogP contribution >= 0.6 is 0 Å². The van der Waals surface area contributed by atoms with Crippen LogP contribution in [0, 0.1) is 5.92 Å². The van der Waals surface area contributed by atoms with E-state index in [9.17, 15) is 4.79 Å². The van der Waals surface area contributed by atoms with Gasteiger partial charge in [-0.1, -0.05) is 12.8 Å². The normalized spacial score (nSPS) is 15.8. The first kappa shape index (κ1) is 13.7. The number of hydrogen-bond donors (Lipinski definition) is 2. The van der Waals surface area contributed by atoms with E-state index in [1.807, 2.05) is 24.3 Å². The maximum Gasteiger partial charge on any atom is 0.220 e. The number of ether oxygens (including phenoxy) is 1. The summed E-state index contributed by atoms with van der Waals surface area (Å²) < 4.78 is 5.42. The first-order valence-electron chi connectivity index (χ1n) is 6.91. The molecule has 1 aliphatic carbocycles. The van der Waals surface area contributed by atoms with Gasteiger partial charge in [0.25, 0.3) is 0 Å². The van der Waals surface area contributed by atoms with Gasteiger partial charge in [-0.3, -0.25) is 4.79 Å². The smallest absolute Gasteiger partial charge is 0.220 e. The van der Waals surface area contributed by atoms with Crippen LogP contribution in [-0.4, -0.2) is 18.6 Å². The minimum atomic E-state index is -0.341. The van der Waals surface area contributed by atoms with Crippen LogP contribution in [0.3, 0.4) is 0 Å². The van der Waals surface area contributed by atoms with Gasteiger partial charge in [-0.25, -0.2) is 0 Å². The maximum atomic E-state index is 10.6. The molecule has 1 atom stereocenters. The Balaban J connectivity index is 1.75. The van der Waals surface area contributed by atoms with Crippen LogP contribution in [-0.2, 0) is 4.79 Å². The molecule has 1 saturated carbocycles. The van der Waals surface area contributed by atoms with Gasteiger partial charge in [0, 0.05) is 11.7 Å². The SMILES string of the molecule is CC(CC1CC1)Nc1ccc(OCCC(N)=O)cc1. The molecular weight excluding hydrogens is 240 g/mol. The van der Waals surface area contributed by atoms with Crippen molar-refractivity contribution in [3.63, 3.8) is 0 Å². The van der Waals surface area contributed by atoms with Gasteiger partial charge in [0.1, 0.15) is 5.75 Å². The van der Waals surface area contributed by atoms with E-state index < -0.39 is 0 Å². The van der Waals surface area contributed by atoms with Gasteiger partial charge in [-0.05, 0) is 43.5 Å². The molecule has 1 aromatic carbocycles.